The van der Waals surface area contributed by atoms with Gasteiger partial charge in [0.1, 0.15) is 0 Å². The Kier molecular flexibility index (Phi) is 7.71. The Labute approximate surface area is 237 Å². The van der Waals surface area contributed by atoms with Crippen molar-refractivity contribution >= 4 is 0 Å². The van der Waals surface area contributed by atoms with Gasteiger partial charge in [-0.2, -0.15) is 0 Å². The van der Waals surface area contributed by atoms with Gasteiger partial charge in [0.15, 0.2) is 0 Å². The van der Waals surface area contributed by atoms with Crippen LogP contribution in [-0.2, 0) is 16.2 Å². The smallest absolute Gasteiger partial charge is 0.0768 e. The van der Waals surface area contributed by atoms with E-state index in [2.05, 4.69) is 147 Å². The molecule has 0 aliphatic carbocycles. The highest BCUT2D eigenvalue weighted by molar-refractivity contribution is 5.96. The van der Waals surface area contributed by atoms with Crippen LogP contribution in [0.5, 0.6) is 0 Å². The van der Waals surface area contributed by atoms with E-state index in [1.165, 1.54) is 33.4 Å². The van der Waals surface area contributed by atoms with Crippen molar-refractivity contribution in [3.05, 3.63) is 107 Å². The van der Waals surface area contributed by atoms with Crippen LogP contribution in [0, 0.1) is 0 Å². The number of hydrogen-bond acceptors (Lipinski definition) is 1. The first-order valence-corrected chi connectivity index (χ1v) is 14.2. The first kappa shape index (κ1) is 28.8. The summed E-state index contributed by atoms with van der Waals surface area (Å²) in [5.41, 5.74) is 12.1. The van der Waals surface area contributed by atoms with E-state index in [4.69, 9.17) is 0 Å². The van der Waals surface area contributed by atoms with E-state index in [0.717, 1.165) is 22.3 Å². The molecule has 0 heterocycles. The number of benzene rings is 4. The molecule has 204 valence electrons. The summed E-state index contributed by atoms with van der Waals surface area (Å²) >= 11 is 0. The van der Waals surface area contributed by atoms with Gasteiger partial charge in [-0.15, -0.1) is 0 Å². The molecule has 0 fully saturated rings. The predicted molar refractivity (Wildman–Crippen MR) is 169 cm³/mol. The highest BCUT2D eigenvalue weighted by Crippen LogP contribution is 2.45. The normalized spacial score (nSPS) is 13.4. The number of aliphatic hydroxyl groups is 1. The lowest BCUT2D eigenvalue weighted by atomic mass is 9.80. The summed E-state index contributed by atoms with van der Waals surface area (Å²) in [5.74, 6) is 0. The summed E-state index contributed by atoms with van der Waals surface area (Å²) < 4.78 is 0. The molecular formula is C38H46O. The van der Waals surface area contributed by atoms with Crippen molar-refractivity contribution in [2.75, 3.05) is 0 Å². The Morgan fingerprint density at radius 3 is 1.10 bits per heavy atom. The van der Waals surface area contributed by atoms with Crippen molar-refractivity contribution in [2.24, 2.45) is 0 Å². The van der Waals surface area contributed by atoms with Gasteiger partial charge in [0.2, 0.25) is 0 Å². The Balaban J connectivity index is 2.02. The topological polar surface area (TPSA) is 20.2 Å². The lowest BCUT2D eigenvalue weighted by Crippen LogP contribution is -2.11. The maximum atomic E-state index is 11.0. The van der Waals surface area contributed by atoms with Gasteiger partial charge in [0, 0.05) is 0 Å². The van der Waals surface area contributed by atoms with E-state index in [1.807, 2.05) is 6.92 Å². The van der Waals surface area contributed by atoms with Crippen molar-refractivity contribution < 1.29 is 5.11 Å². The third kappa shape index (κ3) is 6.20. The Morgan fingerprint density at radius 2 is 0.769 bits per heavy atom. The molecule has 0 spiro atoms. The third-order valence-electron chi connectivity index (χ3n) is 7.83. The molecule has 0 saturated carbocycles. The van der Waals surface area contributed by atoms with Crippen LogP contribution in [0.2, 0.25) is 0 Å². The first-order chi connectivity index (χ1) is 18.1. The molecule has 4 aromatic carbocycles. The lowest BCUT2D eigenvalue weighted by molar-refractivity contribution is 0.200. The van der Waals surface area contributed by atoms with Crippen LogP contribution in [0.1, 0.15) is 97.6 Å². The molecule has 0 amide bonds. The van der Waals surface area contributed by atoms with E-state index in [-0.39, 0.29) is 16.2 Å². The van der Waals surface area contributed by atoms with Gasteiger partial charge >= 0.3 is 0 Å². The van der Waals surface area contributed by atoms with Crippen LogP contribution in [0.4, 0.5) is 0 Å². The van der Waals surface area contributed by atoms with E-state index in [0.29, 0.717) is 0 Å². The van der Waals surface area contributed by atoms with Gasteiger partial charge in [-0.1, -0.05) is 147 Å². The molecular weight excluding hydrogens is 472 g/mol. The SMILES string of the molecule is C[C@H](O)c1ccc(-c2ccc(C(C)(C)C)cc2)c(-c2ccc(C(C)(C)C)cc2)c1-c1ccc(C(C)(C)C)cc1. The summed E-state index contributed by atoms with van der Waals surface area (Å²) in [6.07, 6.45) is -0.591. The summed E-state index contributed by atoms with van der Waals surface area (Å²) in [4.78, 5) is 0. The maximum Gasteiger partial charge on any atom is 0.0768 e. The van der Waals surface area contributed by atoms with E-state index in [1.54, 1.807) is 0 Å². The number of aliphatic hydroxyl groups excluding tert-OH is 1. The zero-order chi connectivity index (χ0) is 28.8. The van der Waals surface area contributed by atoms with E-state index in [9.17, 15) is 5.11 Å². The zero-order valence-electron chi connectivity index (χ0n) is 25.6. The second-order valence-corrected chi connectivity index (χ2v) is 14.1. The van der Waals surface area contributed by atoms with Crippen molar-refractivity contribution in [2.45, 2.75) is 91.6 Å². The number of hydrogen-bond donors (Lipinski definition) is 1. The molecule has 1 N–H and O–H groups in total. The highest BCUT2D eigenvalue weighted by atomic mass is 16.3. The van der Waals surface area contributed by atoms with E-state index >= 15 is 0 Å². The van der Waals surface area contributed by atoms with Crippen LogP contribution < -0.4 is 0 Å². The van der Waals surface area contributed by atoms with Gasteiger partial charge in [-0.3, -0.25) is 0 Å². The van der Waals surface area contributed by atoms with Crippen LogP contribution in [0.15, 0.2) is 84.9 Å². The second kappa shape index (κ2) is 10.4. The second-order valence-electron chi connectivity index (χ2n) is 14.1. The fraction of sp³-hybridized carbons (Fsp3) is 0.368. The molecule has 0 aromatic heterocycles. The standard InChI is InChI=1S/C38H46O/c1-25(39)32-23-24-33(26-11-17-29(18-12-26)36(2,3)4)35(28-15-21-31(22-16-28)38(8,9)10)34(32)27-13-19-30(20-14-27)37(5,6)7/h11-25,39H,1-10H3/t25-/m0/s1. The lowest BCUT2D eigenvalue weighted by Gasteiger charge is -2.25. The van der Waals surface area contributed by atoms with Crippen molar-refractivity contribution in [1.82, 2.24) is 0 Å². The van der Waals surface area contributed by atoms with Crippen LogP contribution in [-0.4, -0.2) is 5.11 Å². The summed E-state index contributed by atoms with van der Waals surface area (Å²) in [5, 5.41) is 11.0. The minimum atomic E-state index is -0.591. The first-order valence-electron chi connectivity index (χ1n) is 14.2. The fourth-order valence-electron chi connectivity index (χ4n) is 5.24. The molecule has 1 atom stereocenters. The van der Waals surface area contributed by atoms with Crippen LogP contribution in [0.25, 0.3) is 33.4 Å². The average molecular weight is 519 g/mol. The molecule has 0 radical (unpaired) electrons. The highest BCUT2D eigenvalue weighted by Gasteiger charge is 2.23. The fourth-order valence-corrected chi connectivity index (χ4v) is 5.24. The number of rotatable bonds is 4. The summed E-state index contributed by atoms with van der Waals surface area (Å²) in [7, 11) is 0. The Hall–Kier alpha value is -3.16. The minimum Gasteiger partial charge on any atom is -0.389 e. The van der Waals surface area contributed by atoms with Crippen molar-refractivity contribution in [3.8, 4) is 33.4 Å². The van der Waals surface area contributed by atoms with Crippen LogP contribution in [0.3, 0.4) is 0 Å². The van der Waals surface area contributed by atoms with Crippen molar-refractivity contribution in [3.63, 3.8) is 0 Å². The third-order valence-corrected chi connectivity index (χ3v) is 7.83. The molecule has 1 nitrogen and oxygen atoms in total. The molecule has 0 unspecified atom stereocenters. The molecule has 1 heteroatoms. The monoisotopic (exact) mass is 518 g/mol. The van der Waals surface area contributed by atoms with Crippen LogP contribution >= 0.6 is 0 Å². The predicted octanol–water partition coefficient (Wildman–Crippen LogP) is 10.6. The molecule has 0 bridgehead atoms. The maximum absolute atomic E-state index is 11.0. The van der Waals surface area contributed by atoms with Gasteiger partial charge < -0.3 is 5.11 Å². The molecule has 4 aromatic rings. The molecule has 39 heavy (non-hydrogen) atoms. The van der Waals surface area contributed by atoms with Gasteiger partial charge in [-0.25, -0.2) is 0 Å². The largest absolute Gasteiger partial charge is 0.389 e. The van der Waals surface area contributed by atoms with Crippen molar-refractivity contribution in [1.29, 1.82) is 0 Å². The minimum absolute atomic E-state index is 0.0773. The Bertz CT molecular complexity index is 1410. The molecule has 0 saturated heterocycles. The van der Waals surface area contributed by atoms with E-state index < -0.39 is 6.10 Å². The van der Waals surface area contributed by atoms with Gasteiger partial charge in [0.05, 0.1) is 6.10 Å². The van der Waals surface area contributed by atoms with Gasteiger partial charge in [-0.05, 0) is 78.8 Å². The Morgan fingerprint density at radius 1 is 0.436 bits per heavy atom. The molecule has 4 rings (SSSR count). The summed E-state index contributed by atoms with van der Waals surface area (Å²) in [6, 6.07) is 31.2. The molecule has 0 aliphatic rings. The van der Waals surface area contributed by atoms with Gasteiger partial charge in [0.25, 0.3) is 0 Å². The zero-order valence-corrected chi connectivity index (χ0v) is 25.6. The molecule has 0 aliphatic heterocycles. The summed E-state index contributed by atoms with van der Waals surface area (Å²) in [6.45, 7) is 22.1. The quantitative estimate of drug-likeness (QED) is 0.285. The average Bonchev–Trinajstić information content (AvgIpc) is 2.86.